The lowest BCUT2D eigenvalue weighted by molar-refractivity contribution is -0.114. The summed E-state index contributed by atoms with van der Waals surface area (Å²) < 4.78 is 0. The molecule has 0 amide bonds. The van der Waals surface area contributed by atoms with Crippen LogP contribution in [0.25, 0.3) is 27.6 Å². The van der Waals surface area contributed by atoms with Crippen LogP contribution in [0.3, 0.4) is 0 Å². The van der Waals surface area contributed by atoms with Gasteiger partial charge in [-0.25, -0.2) is 0 Å². The molecule has 1 aliphatic rings. The maximum absolute atomic E-state index is 12.3. The predicted octanol–water partition coefficient (Wildman–Crippen LogP) is 3.66. The molecule has 0 unspecified atom stereocenters. The van der Waals surface area contributed by atoms with Gasteiger partial charge in [0.1, 0.15) is 0 Å². The molecule has 0 aliphatic heterocycles. The number of ketones is 2. The van der Waals surface area contributed by atoms with Crippen LogP contribution in [0, 0.1) is 0 Å². The van der Waals surface area contributed by atoms with Gasteiger partial charge in [-0.15, -0.1) is 0 Å². The average molecular weight is 274 g/mol. The number of carbonyl (C=O) groups excluding carboxylic acids is 2. The Balaban J connectivity index is 2.34. The van der Waals surface area contributed by atoms with Gasteiger partial charge in [-0.2, -0.15) is 0 Å². The Morgan fingerprint density at radius 3 is 1.86 bits per heavy atom. The Morgan fingerprint density at radius 2 is 1.19 bits per heavy atom. The molecule has 0 fully saturated rings. The lowest BCUT2D eigenvalue weighted by Crippen LogP contribution is -2.21. The molecule has 3 aromatic carbocycles. The molecule has 0 spiro atoms. The molecular weight excluding hydrogens is 264 g/mol. The molecule has 0 saturated heterocycles. The minimum absolute atomic E-state index is 0.382. The first-order chi connectivity index (χ1) is 10.2. The summed E-state index contributed by atoms with van der Waals surface area (Å²) in [5.74, 6) is -1.98. The van der Waals surface area contributed by atoms with Crippen molar-refractivity contribution < 1.29 is 14.7 Å². The zero-order valence-electron chi connectivity index (χ0n) is 11.0. The summed E-state index contributed by atoms with van der Waals surface area (Å²) >= 11 is 0. The van der Waals surface area contributed by atoms with Crippen LogP contribution in [0.4, 0.5) is 0 Å². The highest BCUT2D eigenvalue weighted by molar-refractivity contribution is 6.53. The molecule has 1 N–H and O–H groups in total. The van der Waals surface area contributed by atoms with Gasteiger partial charge in [-0.1, -0.05) is 48.5 Å². The molecule has 0 atom stereocenters. The first kappa shape index (κ1) is 11.9. The van der Waals surface area contributed by atoms with Crippen LogP contribution in [0.2, 0.25) is 0 Å². The molecule has 100 valence electrons. The highest BCUT2D eigenvalue weighted by atomic mass is 16.3. The molecular formula is C18H10O3. The van der Waals surface area contributed by atoms with E-state index in [1.807, 2.05) is 48.5 Å². The second-order valence-corrected chi connectivity index (χ2v) is 5.07. The largest absolute Gasteiger partial charge is 0.504 e. The molecule has 3 aromatic rings. The molecule has 0 saturated carbocycles. The maximum atomic E-state index is 12.3. The number of hydrogen-bond acceptors (Lipinski definition) is 3. The molecule has 1 aliphatic carbocycles. The van der Waals surface area contributed by atoms with Gasteiger partial charge >= 0.3 is 0 Å². The summed E-state index contributed by atoms with van der Waals surface area (Å²) in [6.45, 7) is 0. The number of fused-ring (bicyclic) bond motifs is 6. The predicted molar refractivity (Wildman–Crippen MR) is 81.4 cm³/mol. The van der Waals surface area contributed by atoms with Gasteiger partial charge in [-0.05, 0) is 33.2 Å². The third-order valence-electron chi connectivity index (χ3n) is 3.92. The Kier molecular flexibility index (Phi) is 2.27. The van der Waals surface area contributed by atoms with Crippen molar-refractivity contribution in [1.82, 2.24) is 0 Å². The third kappa shape index (κ3) is 1.48. The second-order valence-electron chi connectivity index (χ2n) is 5.07. The molecule has 3 nitrogen and oxygen atoms in total. The number of carbonyl (C=O) groups is 2. The van der Waals surface area contributed by atoms with Gasteiger partial charge in [0.25, 0.3) is 5.78 Å². The second kappa shape index (κ2) is 4.03. The summed E-state index contributed by atoms with van der Waals surface area (Å²) in [7, 11) is 0. The van der Waals surface area contributed by atoms with Gasteiger partial charge in [0.2, 0.25) is 5.78 Å². The fourth-order valence-electron chi connectivity index (χ4n) is 3.00. The van der Waals surface area contributed by atoms with Crippen molar-refractivity contribution in [2.24, 2.45) is 0 Å². The van der Waals surface area contributed by atoms with Crippen LogP contribution in [0.1, 0.15) is 15.9 Å². The molecule has 0 bridgehead atoms. The van der Waals surface area contributed by atoms with E-state index < -0.39 is 17.3 Å². The van der Waals surface area contributed by atoms with E-state index in [-0.39, 0.29) is 0 Å². The molecule has 0 aromatic heterocycles. The van der Waals surface area contributed by atoms with Crippen molar-refractivity contribution in [3.05, 3.63) is 65.4 Å². The normalized spacial score (nSPS) is 14.4. The van der Waals surface area contributed by atoms with Crippen molar-refractivity contribution in [2.75, 3.05) is 0 Å². The van der Waals surface area contributed by atoms with Crippen molar-refractivity contribution in [3.63, 3.8) is 0 Å². The van der Waals surface area contributed by atoms with Crippen LogP contribution in [0.5, 0.6) is 0 Å². The number of aliphatic hydroxyl groups excluding tert-OH is 1. The van der Waals surface area contributed by atoms with E-state index in [4.69, 9.17) is 0 Å². The lowest BCUT2D eigenvalue weighted by Gasteiger charge is -2.17. The van der Waals surface area contributed by atoms with Gasteiger partial charge in [0.05, 0.1) is 0 Å². The van der Waals surface area contributed by atoms with Gasteiger partial charge < -0.3 is 5.11 Å². The molecule has 0 radical (unpaired) electrons. The quantitative estimate of drug-likeness (QED) is 0.503. The molecule has 0 heterocycles. The van der Waals surface area contributed by atoms with E-state index in [0.717, 1.165) is 21.5 Å². The number of Topliss-reactive ketones (excluding diaryl/α,β-unsaturated/α-hetero) is 2. The van der Waals surface area contributed by atoms with E-state index in [9.17, 15) is 14.7 Å². The van der Waals surface area contributed by atoms with E-state index in [1.165, 1.54) is 6.08 Å². The SMILES string of the molecule is O=C1C(=O)c2c(c3ccccc3c3ccccc23)C=C1O. The van der Waals surface area contributed by atoms with Crippen LogP contribution in [-0.4, -0.2) is 16.7 Å². The Labute approximate surface area is 120 Å². The van der Waals surface area contributed by atoms with E-state index in [1.54, 1.807) is 0 Å². The van der Waals surface area contributed by atoms with Crippen molar-refractivity contribution in [3.8, 4) is 0 Å². The first-order valence-electron chi connectivity index (χ1n) is 6.61. The minimum atomic E-state index is -0.845. The van der Waals surface area contributed by atoms with E-state index >= 15 is 0 Å². The van der Waals surface area contributed by atoms with Crippen molar-refractivity contribution in [2.45, 2.75) is 0 Å². The highest BCUT2D eigenvalue weighted by Crippen LogP contribution is 2.36. The zero-order chi connectivity index (χ0) is 14.6. The number of allylic oxidation sites excluding steroid dienone is 1. The molecule has 21 heavy (non-hydrogen) atoms. The van der Waals surface area contributed by atoms with Crippen LogP contribution in [-0.2, 0) is 4.79 Å². The lowest BCUT2D eigenvalue weighted by atomic mass is 9.85. The number of rotatable bonds is 0. The Bertz CT molecular complexity index is 980. The Morgan fingerprint density at radius 1 is 0.667 bits per heavy atom. The average Bonchev–Trinajstić information content (AvgIpc) is 2.52. The summed E-state index contributed by atoms with van der Waals surface area (Å²) in [6.07, 6.45) is 1.40. The van der Waals surface area contributed by atoms with Crippen LogP contribution >= 0.6 is 0 Å². The smallest absolute Gasteiger partial charge is 0.267 e. The van der Waals surface area contributed by atoms with Gasteiger partial charge in [0, 0.05) is 5.56 Å². The first-order valence-corrected chi connectivity index (χ1v) is 6.61. The van der Waals surface area contributed by atoms with E-state index in [0.29, 0.717) is 11.1 Å². The highest BCUT2D eigenvalue weighted by Gasteiger charge is 2.30. The van der Waals surface area contributed by atoms with Gasteiger partial charge in [0.15, 0.2) is 5.76 Å². The fraction of sp³-hybridized carbons (Fsp3) is 0. The number of benzene rings is 3. The summed E-state index contributed by atoms with van der Waals surface area (Å²) in [5, 5.41) is 13.3. The van der Waals surface area contributed by atoms with Crippen LogP contribution < -0.4 is 0 Å². The standard InChI is InChI=1S/C18H10O3/c19-15-9-14-12-7-2-1-5-10(12)11-6-3-4-8-13(11)16(14)18(21)17(15)20/h1-9,19H. The monoisotopic (exact) mass is 274 g/mol. The van der Waals surface area contributed by atoms with E-state index in [2.05, 4.69) is 0 Å². The maximum Gasteiger partial charge on any atom is 0.267 e. The van der Waals surface area contributed by atoms with Crippen molar-refractivity contribution >= 4 is 39.2 Å². The fourth-order valence-corrected chi connectivity index (χ4v) is 3.00. The minimum Gasteiger partial charge on any atom is -0.504 e. The summed E-state index contributed by atoms with van der Waals surface area (Å²) in [6, 6.07) is 15.2. The summed E-state index contributed by atoms with van der Waals surface area (Å²) in [4.78, 5) is 24.1. The van der Waals surface area contributed by atoms with Gasteiger partial charge in [-0.3, -0.25) is 9.59 Å². The number of hydrogen-bond donors (Lipinski definition) is 1. The Hall–Kier alpha value is -2.94. The summed E-state index contributed by atoms with van der Waals surface area (Å²) in [5.41, 5.74) is 0.999. The zero-order valence-corrected chi connectivity index (χ0v) is 11.0. The number of aliphatic hydroxyl groups is 1. The van der Waals surface area contributed by atoms with Crippen LogP contribution in [0.15, 0.2) is 54.3 Å². The molecule has 4 rings (SSSR count). The molecule has 3 heteroatoms. The topological polar surface area (TPSA) is 54.4 Å². The van der Waals surface area contributed by atoms with Crippen molar-refractivity contribution in [1.29, 1.82) is 0 Å². The third-order valence-corrected chi connectivity index (χ3v) is 3.92.